The molecule has 0 bridgehead atoms. The molecule has 3 N–H and O–H groups in total. The summed E-state index contributed by atoms with van der Waals surface area (Å²) in [5.41, 5.74) is 8.91. The minimum absolute atomic E-state index is 0.00636. The summed E-state index contributed by atoms with van der Waals surface area (Å²) in [6.07, 6.45) is 2.91. The van der Waals surface area contributed by atoms with Crippen molar-refractivity contribution in [2.24, 2.45) is 11.7 Å². The molecule has 0 atom stereocenters. The number of halogens is 1. The summed E-state index contributed by atoms with van der Waals surface area (Å²) in [5, 5.41) is 2.99. The second-order valence-corrected chi connectivity index (χ2v) is 6.94. The minimum Gasteiger partial charge on any atom is -0.334 e. The Kier molecular flexibility index (Phi) is 6.23. The van der Waals surface area contributed by atoms with Crippen molar-refractivity contribution < 1.29 is 9.18 Å². The first-order valence-electron chi connectivity index (χ1n) is 9.19. The van der Waals surface area contributed by atoms with Crippen LogP contribution in [0.3, 0.4) is 0 Å². The molecule has 1 saturated heterocycles. The monoisotopic (exact) mass is 355 g/mol. The van der Waals surface area contributed by atoms with Crippen molar-refractivity contribution in [3.63, 3.8) is 0 Å². The molecule has 0 saturated carbocycles. The average Bonchev–Trinajstić information content (AvgIpc) is 2.69. The molecule has 2 aromatic carbocycles. The number of amides is 2. The van der Waals surface area contributed by atoms with Gasteiger partial charge in [-0.05, 0) is 54.0 Å². The van der Waals surface area contributed by atoms with Crippen molar-refractivity contribution in [1.29, 1.82) is 0 Å². The fourth-order valence-corrected chi connectivity index (χ4v) is 3.38. The van der Waals surface area contributed by atoms with Gasteiger partial charge < -0.3 is 16.0 Å². The Morgan fingerprint density at radius 3 is 2.19 bits per heavy atom. The number of carbonyl (C=O) groups is 1. The van der Waals surface area contributed by atoms with Crippen LogP contribution in [0.25, 0.3) is 0 Å². The van der Waals surface area contributed by atoms with Crippen LogP contribution in [0.5, 0.6) is 0 Å². The van der Waals surface area contributed by atoms with Gasteiger partial charge in [-0.1, -0.05) is 36.4 Å². The fourth-order valence-electron chi connectivity index (χ4n) is 3.38. The van der Waals surface area contributed by atoms with E-state index in [1.807, 2.05) is 41.3 Å². The maximum atomic E-state index is 13.0. The molecule has 0 spiro atoms. The normalized spacial score (nSPS) is 15.1. The smallest absolute Gasteiger partial charge is 0.317 e. The molecule has 0 aromatic heterocycles. The molecule has 1 fully saturated rings. The average molecular weight is 355 g/mol. The standard InChI is InChI=1S/C21H26FN3O/c22-20-7-5-16(6-8-20)13-17-9-11-25(12-10-17)21(26)24-15-19-3-1-18(14-23)2-4-19/h1-8,17H,9-15,23H2,(H,24,26). The Morgan fingerprint density at radius 2 is 1.58 bits per heavy atom. The van der Waals surface area contributed by atoms with Crippen LogP contribution < -0.4 is 11.1 Å². The molecule has 1 aliphatic rings. The van der Waals surface area contributed by atoms with Crippen molar-refractivity contribution in [2.75, 3.05) is 13.1 Å². The summed E-state index contributed by atoms with van der Waals surface area (Å²) in [6, 6.07) is 14.7. The number of nitrogens with zero attached hydrogens (tertiary/aromatic N) is 1. The van der Waals surface area contributed by atoms with E-state index in [0.29, 0.717) is 19.0 Å². The highest BCUT2D eigenvalue weighted by Gasteiger charge is 2.22. The van der Waals surface area contributed by atoms with Gasteiger partial charge in [0.25, 0.3) is 0 Å². The topological polar surface area (TPSA) is 58.4 Å². The predicted octanol–water partition coefficient (Wildman–Crippen LogP) is 3.45. The van der Waals surface area contributed by atoms with Crippen molar-refractivity contribution in [1.82, 2.24) is 10.2 Å². The van der Waals surface area contributed by atoms with Crippen LogP contribution in [-0.2, 0) is 19.5 Å². The molecule has 1 heterocycles. The van der Waals surface area contributed by atoms with Gasteiger partial charge in [0.2, 0.25) is 0 Å². The Hall–Kier alpha value is -2.40. The molecule has 26 heavy (non-hydrogen) atoms. The Morgan fingerprint density at radius 1 is 1.00 bits per heavy atom. The zero-order valence-electron chi connectivity index (χ0n) is 15.0. The number of hydrogen-bond donors (Lipinski definition) is 2. The summed E-state index contributed by atoms with van der Waals surface area (Å²) in [6.45, 7) is 2.59. The van der Waals surface area contributed by atoms with E-state index in [1.54, 1.807) is 0 Å². The molecule has 0 aliphatic carbocycles. The first-order chi connectivity index (χ1) is 12.6. The fraction of sp³-hybridized carbons (Fsp3) is 0.381. The molecule has 2 amide bonds. The largest absolute Gasteiger partial charge is 0.334 e. The van der Waals surface area contributed by atoms with Crippen LogP contribution >= 0.6 is 0 Å². The molecule has 0 unspecified atom stereocenters. The van der Waals surface area contributed by atoms with Crippen molar-refractivity contribution in [3.8, 4) is 0 Å². The Bertz CT molecular complexity index is 707. The lowest BCUT2D eigenvalue weighted by Crippen LogP contribution is -2.44. The van der Waals surface area contributed by atoms with Crippen LogP contribution in [0.1, 0.15) is 29.5 Å². The molecule has 1 aliphatic heterocycles. The first kappa shape index (κ1) is 18.4. The number of likely N-dealkylation sites (tertiary alicyclic amines) is 1. The lowest BCUT2D eigenvalue weighted by atomic mass is 9.90. The van der Waals surface area contributed by atoms with Gasteiger partial charge in [-0.15, -0.1) is 0 Å². The van der Waals surface area contributed by atoms with Gasteiger partial charge in [-0.25, -0.2) is 9.18 Å². The van der Waals surface area contributed by atoms with Gasteiger partial charge in [-0.3, -0.25) is 0 Å². The highest BCUT2D eigenvalue weighted by molar-refractivity contribution is 5.74. The second kappa shape index (κ2) is 8.81. The lowest BCUT2D eigenvalue weighted by Gasteiger charge is -2.32. The summed E-state index contributed by atoms with van der Waals surface area (Å²) in [5.74, 6) is 0.353. The summed E-state index contributed by atoms with van der Waals surface area (Å²) in [7, 11) is 0. The molecule has 4 nitrogen and oxygen atoms in total. The molecule has 138 valence electrons. The van der Waals surface area contributed by atoms with Crippen LogP contribution in [0.15, 0.2) is 48.5 Å². The summed E-state index contributed by atoms with van der Waals surface area (Å²) in [4.78, 5) is 14.2. The van der Waals surface area contributed by atoms with Gasteiger partial charge >= 0.3 is 6.03 Å². The van der Waals surface area contributed by atoms with Gasteiger partial charge in [0, 0.05) is 26.2 Å². The number of nitrogens with two attached hydrogens (primary N) is 1. The number of hydrogen-bond acceptors (Lipinski definition) is 2. The van der Waals surface area contributed by atoms with Crippen molar-refractivity contribution in [3.05, 3.63) is 71.0 Å². The molecular weight excluding hydrogens is 329 g/mol. The van der Waals surface area contributed by atoms with E-state index in [4.69, 9.17) is 5.73 Å². The number of rotatable bonds is 5. The molecule has 5 heteroatoms. The highest BCUT2D eigenvalue weighted by atomic mass is 19.1. The van der Waals surface area contributed by atoms with E-state index in [-0.39, 0.29) is 11.8 Å². The van der Waals surface area contributed by atoms with E-state index in [9.17, 15) is 9.18 Å². The van der Waals surface area contributed by atoms with Gasteiger partial charge in [0.1, 0.15) is 5.82 Å². The number of benzene rings is 2. The highest BCUT2D eigenvalue weighted by Crippen LogP contribution is 2.22. The number of piperidine rings is 1. The molecule has 0 radical (unpaired) electrons. The minimum atomic E-state index is -0.196. The Balaban J connectivity index is 1.42. The van der Waals surface area contributed by atoms with Crippen LogP contribution in [0.2, 0.25) is 0 Å². The summed E-state index contributed by atoms with van der Waals surface area (Å²) >= 11 is 0. The quantitative estimate of drug-likeness (QED) is 0.863. The SMILES string of the molecule is NCc1ccc(CNC(=O)N2CCC(Cc3ccc(F)cc3)CC2)cc1. The van der Waals surface area contributed by atoms with E-state index < -0.39 is 0 Å². The predicted molar refractivity (Wildman–Crippen MR) is 101 cm³/mol. The van der Waals surface area contributed by atoms with Crippen LogP contribution in [0, 0.1) is 11.7 Å². The van der Waals surface area contributed by atoms with Gasteiger partial charge in [0.05, 0.1) is 0 Å². The van der Waals surface area contributed by atoms with Gasteiger partial charge in [0.15, 0.2) is 0 Å². The third kappa shape index (κ3) is 5.05. The zero-order valence-corrected chi connectivity index (χ0v) is 15.0. The van der Waals surface area contributed by atoms with Gasteiger partial charge in [-0.2, -0.15) is 0 Å². The van der Waals surface area contributed by atoms with Crippen molar-refractivity contribution >= 4 is 6.03 Å². The zero-order chi connectivity index (χ0) is 18.4. The van der Waals surface area contributed by atoms with E-state index in [0.717, 1.165) is 49.0 Å². The second-order valence-electron chi connectivity index (χ2n) is 6.94. The molecule has 3 rings (SSSR count). The third-order valence-electron chi connectivity index (χ3n) is 5.04. The molecule has 2 aromatic rings. The maximum Gasteiger partial charge on any atom is 0.317 e. The van der Waals surface area contributed by atoms with E-state index in [2.05, 4.69) is 5.32 Å². The number of urea groups is 1. The number of nitrogens with one attached hydrogen (secondary N) is 1. The summed E-state index contributed by atoms with van der Waals surface area (Å²) < 4.78 is 13.0. The van der Waals surface area contributed by atoms with Crippen LogP contribution in [0.4, 0.5) is 9.18 Å². The lowest BCUT2D eigenvalue weighted by molar-refractivity contribution is 0.170. The van der Waals surface area contributed by atoms with Crippen LogP contribution in [-0.4, -0.2) is 24.0 Å². The maximum absolute atomic E-state index is 13.0. The van der Waals surface area contributed by atoms with E-state index in [1.165, 1.54) is 12.1 Å². The van der Waals surface area contributed by atoms with E-state index >= 15 is 0 Å². The first-order valence-corrected chi connectivity index (χ1v) is 9.19. The number of carbonyl (C=O) groups excluding carboxylic acids is 1. The molecular formula is C21H26FN3O. The third-order valence-corrected chi connectivity index (χ3v) is 5.04. The van der Waals surface area contributed by atoms with Crippen molar-refractivity contribution in [2.45, 2.75) is 32.4 Å². The Labute approximate surface area is 154 Å².